The van der Waals surface area contributed by atoms with Crippen LogP contribution >= 0.6 is 11.6 Å². The summed E-state index contributed by atoms with van der Waals surface area (Å²) in [6, 6.07) is 7.71. The van der Waals surface area contributed by atoms with Gasteiger partial charge in [0, 0.05) is 12.1 Å². The summed E-state index contributed by atoms with van der Waals surface area (Å²) in [5, 5.41) is 0.735. The molecule has 0 heterocycles. The van der Waals surface area contributed by atoms with Crippen LogP contribution in [0.15, 0.2) is 24.3 Å². The lowest BCUT2D eigenvalue weighted by atomic mass is 9.74. The van der Waals surface area contributed by atoms with Crippen LogP contribution in [0.5, 0.6) is 0 Å². The second-order valence-electron chi connectivity index (χ2n) is 5.48. The van der Waals surface area contributed by atoms with Gasteiger partial charge in [0.25, 0.3) is 0 Å². The Morgan fingerprint density at radius 2 is 2.06 bits per heavy atom. The Hall–Kier alpha value is -0.570. The molecule has 2 nitrogen and oxygen atoms in total. The van der Waals surface area contributed by atoms with Crippen LogP contribution in [-0.2, 0) is 4.74 Å². The SMILES string of the molecule is COC1(C(N)c2cccc(Cl)c2)CCC(C)CC1. The fraction of sp³-hybridized carbons (Fsp3) is 0.600. The molecule has 1 aromatic carbocycles. The number of methoxy groups -OCH3 is 1. The van der Waals surface area contributed by atoms with Crippen molar-refractivity contribution in [2.24, 2.45) is 11.7 Å². The Balaban J connectivity index is 2.22. The maximum absolute atomic E-state index is 6.45. The summed E-state index contributed by atoms with van der Waals surface area (Å²) in [4.78, 5) is 0. The van der Waals surface area contributed by atoms with Gasteiger partial charge in [-0.25, -0.2) is 0 Å². The highest BCUT2D eigenvalue weighted by molar-refractivity contribution is 6.30. The number of ether oxygens (including phenoxy) is 1. The van der Waals surface area contributed by atoms with Crippen molar-refractivity contribution in [3.8, 4) is 0 Å². The number of benzene rings is 1. The second kappa shape index (κ2) is 5.60. The van der Waals surface area contributed by atoms with Crippen molar-refractivity contribution in [1.82, 2.24) is 0 Å². The largest absolute Gasteiger partial charge is 0.376 e. The quantitative estimate of drug-likeness (QED) is 0.900. The molecule has 1 unspecified atom stereocenters. The standard InChI is InChI=1S/C15H22ClNO/c1-11-6-8-15(18-2,9-7-11)14(17)12-4-3-5-13(16)10-12/h3-5,10-11,14H,6-9,17H2,1-2H3. The van der Waals surface area contributed by atoms with Gasteiger partial charge in [-0.3, -0.25) is 0 Å². The highest BCUT2D eigenvalue weighted by Crippen LogP contribution is 2.41. The zero-order valence-corrected chi connectivity index (χ0v) is 11.9. The molecule has 0 spiro atoms. The van der Waals surface area contributed by atoms with E-state index in [0.717, 1.165) is 29.3 Å². The first kappa shape index (κ1) is 13.9. The van der Waals surface area contributed by atoms with Gasteiger partial charge in [0.1, 0.15) is 0 Å². The predicted octanol–water partition coefficient (Wildman–Crippen LogP) is 3.94. The molecule has 18 heavy (non-hydrogen) atoms. The molecule has 1 aliphatic carbocycles. The summed E-state index contributed by atoms with van der Waals surface area (Å²) in [7, 11) is 1.78. The molecule has 1 fully saturated rings. The normalized spacial score (nSPS) is 30.1. The molecule has 0 radical (unpaired) electrons. The minimum Gasteiger partial charge on any atom is -0.376 e. The Morgan fingerprint density at radius 1 is 1.39 bits per heavy atom. The van der Waals surface area contributed by atoms with E-state index in [4.69, 9.17) is 22.1 Å². The molecule has 1 atom stereocenters. The van der Waals surface area contributed by atoms with Crippen LogP contribution < -0.4 is 5.73 Å². The van der Waals surface area contributed by atoms with Crippen LogP contribution in [0.25, 0.3) is 0 Å². The molecular formula is C15H22ClNO. The summed E-state index contributed by atoms with van der Waals surface area (Å²) in [5.74, 6) is 0.778. The lowest BCUT2D eigenvalue weighted by molar-refractivity contribution is -0.0672. The molecule has 0 aromatic heterocycles. The Kier molecular flexibility index (Phi) is 4.31. The summed E-state index contributed by atoms with van der Waals surface area (Å²) in [5.41, 5.74) is 7.29. The molecule has 2 N–H and O–H groups in total. The summed E-state index contributed by atoms with van der Waals surface area (Å²) in [6.45, 7) is 2.30. The molecule has 0 saturated heterocycles. The fourth-order valence-corrected chi connectivity index (χ4v) is 3.10. The Labute approximate surface area is 114 Å². The Bertz CT molecular complexity index is 399. The average Bonchev–Trinajstić information content (AvgIpc) is 2.39. The van der Waals surface area contributed by atoms with Crippen molar-refractivity contribution in [3.05, 3.63) is 34.9 Å². The molecule has 2 rings (SSSR count). The van der Waals surface area contributed by atoms with Gasteiger partial charge in [0.05, 0.1) is 11.6 Å². The van der Waals surface area contributed by atoms with Crippen molar-refractivity contribution < 1.29 is 4.74 Å². The predicted molar refractivity (Wildman–Crippen MR) is 75.8 cm³/mol. The van der Waals surface area contributed by atoms with E-state index in [0.29, 0.717) is 0 Å². The third kappa shape index (κ3) is 2.71. The number of nitrogens with two attached hydrogens (primary N) is 1. The maximum atomic E-state index is 6.45. The minimum absolute atomic E-state index is 0.103. The van der Waals surface area contributed by atoms with Crippen LogP contribution in [0.1, 0.15) is 44.2 Å². The van der Waals surface area contributed by atoms with E-state index < -0.39 is 0 Å². The number of hydrogen-bond acceptors (Lipinski definition) is 2. The third-order valence-corrected chi connectivity index (χ3v) is 4.54. The Morgan fingerprint density at radius 3 is 2.61 bits per heavy atom. The lowest BCUT2D eigenvalue weighted by Crippen LogP contribution is -2.45. The van der Waals surface area contributed by atoms with Crippen molar-refractivity contribution in [3.63, 3.8) is 0 Å². The third-order valence-electron chi connectivity index (χ3n) is 4.30. The van der Waals surface area contributed by atoms with Crippen LogP contribution in [0.2, 0.25) is 5.02 Å². The van der Waals surface area contributed by atoms with Gasteiger partial charge in [-0.1, -0.05) is 30.7 Å². The molecule has 3 heteroatoms. The van der Waals surface area contributed by atoms with Gasteiger partial charge in [0.2, 0.25) is 0 Å². The van der Waals surface area contributed by atoms with E-state index in [-0.39, 0.29) is 11.6 Å². The highest BCUT2D eigenvalue weighted by Gasteiger charge is 2.40. The molecule has 1 saturated carbocycles. The molecule has 0 aliphatic heterocycles. The van der Waals surface area contributed by atoms with E-state index in [2.05, 4.69) is 6.92 Å². The number of hydrogen-bond donors (Lipinski definition) is 1. The molecule has 1 aromatic rings. The van der Waals surface area contributed by atoms with Gasteiger partial charge in [-0.15, -0.1) is 0 Å². The van der Waals surface area contributed by atoms with Gasteiger partial charge < -0.3 is 10.5 Å². The van der Waals surface area contributed by atoms with Gasteiger partial charge in [0.15, 0.2) is 0 Å². The first-order chi connectivity index (χ1) is 8.57. The molecular weight excluding hydrogens is 246 g/mol. The molecule has 0 amide bonds. The van der Waals surface area contributed by atoms with Crippen LogP contribution in [0.3, 0.4) is 0 Å². The smallest absolute Gasteiger partial charge is 0.0870 e. The number of halogens is 1. The summed E-state index contributed by atoms with van der Waals surface area (Å²) < 4.78 is 5.82. The average molecular weight is 268 g/mol. The van der Waals surface area contributed by atoms with Gasteiger partial charge >= 0.3 is 0 Å². The van der Waals surface area contributed by atoms with Gasteiger partial charge in [-0.05, 0) is 49.3 Å². The summed E-state index contributed by atoms with van der Waals surface area (Å²) in [6.07, 6.45) is 4.42. The van der Waals surface area contributed by atoms with E-state index >= 15 is 0 Å². The van der Waals surface area contributed by atoms with Crippen molar-refractivity contribution in [2.45, 2.75) is 44.2 Å². The second-order valence-corrected chi connectivity index (χ2v) is 5.92. The monoisotopic (exact) mass is 267 g/mol. The maximum Gasteiger partial charge on any atom is 0.0870 e. The topological polar surface area (TPSA) is 35.2 Å². The van der Waals surface area contributed by atoms with E-state index in [1.807, 2.05) is 24.3 Å². The number of rotatable bonds is 3. The van der Waals surface area contributed by atoms with Crippen molar-refractivity contribution >= 4 is 11.6 Å². The molecule has 1 aliphatic rings. The van der Waals surface area contributed by atoms with E-state index in [1.165, 1.54) is 12.8 Å². The van der Waals surface area contributed by atoms with Crippen LogP contribution in [0, 0.1) is 5.92 Å². The molecule has 100 valence electrons. The first-order valence-electron chi connectivity index (χ1n) is 6.63. The summed E-state index contributed by atoms with van der Waals surface area (Å²) >= 11 is 6.04. The zero-order chi connectivity index (χ0) is 13.2. The van der Waals surface area contributed by atoms with Crippen molar-refractivity contribution in [1.29, 1.82) is 0 Å². The zero-order valence-electron chi connectivity index (χ0n) is 11.2. The lowest BCUT2D eigenvalue weighted by Gasteiger charge is -2.42. The minimum atomic E-state index is -0.225. The van der Waals surface area contributed by atoms with Gasteiger partial charge in [-0.2, -0.15) is 0 Å². The molecule has 0 bridgehead atoms. The first-order valence-corrected chi connectivity index (χ1v) is 7.01. The van der Waals surface area contributed by atoms with E-state index in [9.17, 15) is 0 Å². The van der Waals surface area contributed by atoms with E-state index in [1.54, 1.807) is 7.11 Å². The van der Waals surface area contributed by atoms with Crippen LogP contribution in [-0.4, -0.2) is 12.7 Å². The van der Waals surface area contributed by atoms with Crippen LogP contribution in [0.4, 0.5) is 0 Å². The highest BCUT2D eigenvalue weighted by atomic mass is 35.5. The van der Waals surface area contributed by atoms with Crippen molar-refractivity contribution in [2.75, 3.05) is 7.11 Å². The fourth-order valence-electron chi connectivity index (χ4n) is 2.90.